The van der Waals surface area contributed by atoms with Crippen molar-refractivity contribution in [1.29, 1.82) is 0 Å². The number of nitrogens with zero attached hydrogens (tertiary/aromatic N) is 5. The molecule has 0 saturated heterocycles. The van der Waals surface area contributed by atoms with Crippen LogP contribution in [0.4, 0.5) is 5.69 Å². The number of phenols is 1. The second-order valence-electron chi connectivity index (χ2n) is 7.92. The van der Waals surface area contributed by atoms with Crippen molar-refractivity contribution in [2.24, 2.45) is 17.1 Å². The van der Waals surface area contributed by atoms with Crippen molar-refractivity contribution in [3.8, 4) is 22.0 Å². The van der Waals surface area contributed by atoms with E-state index in [1.165, 1.54) is 11.3 Å². The Morgan fingerprint density at radius 2 is 1.71 bits per heavy atom. The van der Waals surface area contributed by atoms with Crippen LogP contribution in [0.15, 0.2) is 92.4 Å². The van der Waals surface area contributed by atoms with E-state index in [4.69, 9.17) is 10.1 Å². The molecule has 5 aromatic rings. The first-order chi connectivity index (χ1) is 17.0. The Balaban J connectivity index is 1.73. The van der Waals surface area contributed by atoms with Gasteiger partial charge in [-0.05, 0) is 49.6 Å². The molecule has 0 radical (unpaired) electrons. The van der Waals surface area contributed by atoms with E-state index in [1.54, 1.807) is 32.8 Å². The van der Waals surface area contributed by atoms with Crippen LogP contribution < -0.4 is 10.4 Å². The minimum Gasteiger partial charge on any atom is -0.507 e. The van der Waals surface area contributed by atoms with Crippen LogP contribution in [0.5, 0.6) is 5.75 Å². The Morgan fingerprint density at radius 1 is 0.971 bits per heavy atom. The van der Waals surface area contributed by atoms with Gasteiger partial charge in [-0.1, -0.05) is 36.4 Å². The predicted molar refractivity (Wildman–Crippen MR) is 142 cm³/mol. The molecule has 5 rings (SSSR count). The third kappa shape index (κ3) is 4.20. The number of benzene rings is 2. The molecule has 0 unspecified atom stereocenters. The first kappa shape index (κ1) is 22.8. The summed E-state index contributed by atoms with van der Waals surface area (Å²) in [5.74, 6) is 0.158. The number of thiophene rings is 1. The monoisotopic (exact) mass is 501 g/mol. The second-order valence-corrected chi connectivity index (χ2v) is 9.70. The normalized spacial score (nSPS) is 12.4. The summed E-state index contributed by atoms with van der Waals surface area (Å²) < 4.78 is 5.17. The lowest BCUT2D eigenvalue weighted by molar-refractivity contribution is 0.474. The molecule has 0 saturated carbocycles. The lowest BCUT2D eigenvalue weighted by atomic mass is 10.1. The van der Waals surface area contributed by atoms with Crippen molar-refractivity contribution < 1.29 is 5.11 Å². The highest BCUT2D eigenvalue weighted by molar-refractivity contribution is 7.14. The topological polar surface area (TPSA) is 76.8 Å². The van der Waals surface area contributed by atoms with Gasteiger partial charge in [0.05, 0.1) is 27.7 Å². The maximum Gasteiger partial charge on any atom is 0.297 e. The quantitative estimate of drug-likeness (QED) is 0.332. The third-order valence-electron chi connectivity index (χ3n) is 5.73. The summed E-state index contributed by atoms with van der Waals surface area (Å²) in [6.45, 7) is 3.73. The highest BCUT2D eigenvalue weighted by atomic mass is 32.1. The SMILES string of the molecule is CC(=Nn1c(-c2cccs2)csc1=Nc1c(C)n(C)n(-c2ccccc2)c1=O)c1ccccc1O. The summed E-state index contributed by atoms with van der Waals surface area (Å²) in [6, 6.07) is 20.6. The molecule has 0 aliphatic rings. The molecule has 0 spiro atoms. The highest BCUT2D eigenvalue weighted by Crippen LogP contribution is 2.26. The molecule has 2 aromatic carbocycles. The molecule has 0 fully saturated rings. The fourth-order valence-electron chi connectivity index (χ4n) is 3.83. The minimum absolute atomic E-state index is 0.158. The second kappa shape index (κ2) is 9.36. The number of hydrogen-bond acceptors (Lipinski definition) is 6. The fraction of sp³-hybridized carbons (Fsp3) is 0.115. The molecule has 9 heteroatoms. The van der Waals surface area contributed by atoms with Crippen LogP contribution in [0.1, 0.15) is 18.2 Å². The molecule has 0 amide bonds. The zero-order valence-electron chi connectivity index (χ0n) is 19.4. The van der Waals surface area contributed by atoms with Gasteiger partial charge in [0.1, 0.15) is 5.75 Å². The first-order valence-corrected chi connectivity index (χ1v) is 12.7. The van der Waals surface area contributed by atoms with Gasteiger partial charge < -0.3 is 5.11 Å². The summed E-state index contributed by atoms with van der Waals surface area (Å²) >= 11 is 3.02. The largest absolute Gasteiger partial charge is 0.507 e. The van der Waals surface area contributed by atoms with Gasteiger partial charge in [0, 0.05) is 18.0 Å². The van der Waals surface area contributed by atoms with E-state index in [0.717, 1.165) is 22.0 Å². The third-order valence-corrected chi connectivity index (χ3v) is 7.44. The summed E-state index contributed by atoms with van der Waals surface area (Å²) in [6.07, 6.45) is 0. The van der Waals surface area contributed by atoms with E-state index in [0.29, 0.717) is 21.8 Å². The molecule has 0 bridgehead atoms. The van der Waals surface area contributed by atoms with Crippen LogP contribution in [0, 0.1) is 6.92 Å². The van der Waals surface area contributed by atoms with Crippen molar-refractivity contribution in [2.75, 3.05) is 0 Å². The van der Waals surface area contributed by atoms with Gasteiger partial charge in [0.25, 0.3) is 5.56 Å². The van der Waals surface area contributed by atoms with E-state index in [2.05, 4.69) is 0 Å². The van der Waals surface area contributed by atoms with Crippen LogP contribution in [-0.4, -0.2) is 24.9 Å². The van der Waals surface area contributed by atoms with Crippen LogP contribution in [0.2, 0.25) is 0 Å². The van der Waals surface area contributed by atoms with E-state index < -0.39 is 0 Å². The number of rotatable bonds is 5. The minimum atomic E-state index is -0.199. The van der Waals surface area contributed by atoms with Crippen molar-refractivity contribution in [3.05, 3.63) is 104 Å². The zero-order valence-corrected chi connectivity index (χ0v) is 21.0. The molecule has 3 aromatic heterocycles. The molecular formula is C26H23N5O2S2. The highest BCUT2D eigenvalue weighted by Gasteiger charge is 2.17. The molecule has 0 atom stereocenters. The van der Waals surface area contributed by atoms with Gasteiger partial charge in [-0.25, -0.2) is 14.4 Å². The lowest BCUT2D eigenvalue weighted by Crippen LogP contribution is -2.20. The Morgan fingerprint density at radius 3 is 2.43 bits per heavy atom. The van der Waals surface area contributed by atoms with Gasteiger partial charge in [-0.2, -0.15) is 5.10 Å². The summed E-state index contributed by atoms with van der Waals surface area (Å²) in [5.41, 5.74) is 3.82. The van der Waals surface area contributed by atoms with Gasteiger partial charge in [0.2, 0.25) is 4.80 Å². The van der Waals surface area contributed by atoms with Crippen LogP contribution in [0.3, 0.4) is 0 Å². The van der Waals surface area contributed by atoms with Crippen molar-refractivity contribution in [3.63, 3.8) is 0 Å². The average molecular weight is 502 g/mol. The van der Waals surface area contributed by atoms with Gasteiger partial charge in [0.15, 0.2) is 5.69 Å². The Labute approximate surface area is 209 Å². The number of aromatic hydroxyl groups is 1. The molecule has 0 aliphatic heterocycles. The molecular weight excluding hydrogens is 478 g/mol. The average Bonchev–Trinajstić information content (AvgIpc) is 3.57. The van der Waals surface area contributed by atoms with Crippen molar-refractivity contribution in [2.45, 2.75) is 13.8 Å². The molecule has 0 aliphatic carbocycles. The molecule has 1 N–H and O–H groups in total. The first-order valence-electron chi connectivity index (χ1n) is 10.9. The maximum atomic E-state index is 13.4. The van der Waals surface area contributed by atoms with Crippen molar-refractivity contribution >= 4 is 34.1 Å². The van der Waals surface area contributed by atoms with Gasteiger partial charge in [-0.15, -0.1) is 22.7 Å². The number of phenolic OH excluding ortho intramolecular Hbond substituents is 1. The molecule has 7 nitrogen and oxygen atoms in total. The fourth-order valence-corrected chi connectivity index (χ4v) is 5.46. The predicted octanol–water partition coefficient (Wildman–Crippen LogP) is 5.29. The molecule has 35 heavy (non-hydrogen) atoms. The van der Waals surface area contributed by atoms with Crippen molar-refractivity contribution in [1.82, 2.24) is 14.0 Å². The lowest BCUT2D eigenvalue weighted by Gasteiger charge is -2.07. The van der Waals surface area contributed by atoms with E-state index >= 15 is 0 Å². The van der Waals surface area contributed by atoms with Crippen LogP contribution >= 0.6 is 22.7 Å². The maximum absolute atomic E-state index is 13.4. The molecule has 3 heterocycles. The van der Waals surface area contributed by atoms with Crippen LogP contribution in [-0.2, 0) is 7.05 Å². The number of para-hydroxylation sites is 2. The summed E-state index contributed by atoms with van der Waals surface area (Å²) in [5, 5.41) is 19.1. The summed E-state index contributed by atoms with van der Waals surface area (Å²) in [4.78, 5) is 19.8. The van der Waals surface area contributed by atoms with Crippen LogP contribution in [0.25, 0.3) is 16.3 Å². The Bertz CT molecular complexity index is 1650. The summed E-state index contributed by atoms with van der Waals surface area (Å²) in [7, 11) is 1.85. The zero-order chi connectivity index (χ0) is 24.5. The Kier molecular flexibility index (Phi) is 6.10. The molecule has 176 valence electrons. The van der Waals surface area contributed by atoms with Gasteiger partial charge >= 0.3 is 0 Å². The number of thiazole rings is 1. The van der Waals surface area contributed by atoms with E-state index in [-0.39, 0.29) is 11.3 Å². The van der Waals surface area contributed by atoms with E-state index in [1.807, 2.05) is 90.9 Å². The number of hydrogen-bond donors (Lipinski definition) is 1. The van der Waals surface area contributed by atoms with E-state index in [9.17, 15) is 9.90 Å². The van der Waals surface area contributed by atoms with Gasteiger partial charge in [-0.3, -0.25) is 9.48 Å². The Hall–Kier alpha value is -3.95. The smallest absolute Gasteiger partial charge is 0.297 e. The standard InChI is InChI=1S/C26H23N5O2S2/c1-17(20-12-7-8-13-22(20)32)28-30-21(23-14-9-15-34-23)16-35-26(30)27-24-18(2)29(3)31(25(24)33)19-10-5-4-6-11-19/h4-16,32H,1-3H3. The number of aromatic nitrogens is 3.